The van der Waals surface area contributed by atoms with Crippen LogP contribution in [-0.2, 0) is 0 Å². The van der Waals surface area contributed by atoms with Crippen molar-refractivity contribution in [3.05, 3.63) is 11.6 Å². The molecule has 0 aromatic carbocycles. The highest BCUT2D eigenvalue weighted by molar-refractivity contribution is 4.96. The van der Waals surface area contributed by atoms with Crippen molar-refractivity contribution in [2.75, 3.05) is 0 Å². The van der Waals surface area contributed by atoms with Crippen LogP contribution in [0.15, 0.2) is 11.6 Å². The van der Waals surface area contributed by atoms with Crippen molar-refractivity contribution in [3.63, 3.8) is 0 Å². The minimum absolute atomic E-state index is 0.461. The second kappa shape index (κ2) is 7.85. The van der Waals surface area contributed by atoms with Gasteiger partial charge < -0.3 is 15.3 Å². The Morgan fingerprint density at radius 3 is 2.35 bits per heavy atom. The van der Waals surface area contributed by atoms with E-state index in [-0.39, 0.29) is 0 Å². The number of rotatable bonds is 8. The predicted molar refractivity (Wildman–Crippen MR) is 70.8 cm³/mol. The summed E-state index contributed by atoms with van der Waals surface area (Å²) in [6.45, 7) is 7.63. The van der Waals surface area contributed by atoms with Gasteiger partial charge in [0.25, 0.3) is 0 Å². The Kier molecular flexibility index (Phi) is 7.68. The number of aliphatic hydroxyl groups is 3. The first-order valence-corrected chi connectivity index (χ1v) is 6.53. The molecule has 0 aliphatic carbocycles. The third-order valence-electron chi connectivity index (χ3n) is 3.06. The molecule has 0 saturated carbocycles. The molecular weight excluding hydrogens is 216 g/mol. The van der Waals surface area contributed by atoms with E-state index in [4.69, 9.17) is 0 Å². The minimum Gasteiger partial charge on any atom is -0.390 e. The van der Waals surface area contributed by atoms with Crippen LogP contribution in [-0.4, -0.2) is 33.1 Å². The molecule has 0 aromatic rings. The van der Waals surface area contributed by atoms with Gasteiger partial charge in [0.15, 0.2) is 0 Å². The second-order valence-corrected chi connectivity index (χ2v) is 5.33. The maximum atomic E-state index is 10.1. The molecule has 0 spiro atoms. The Balaban J connectivity index is 4.22. The summed E-state index contributed by atoms with van der Waals surface area (Å²) in [5, 5.41) is 29.8. The molecule has 17 heavy (non-hydrogen) atoms. The molecule has 0 unspecified atom stereocenters. The first-order valence-electron chi connectivity index (χ1n) is 6.53. The molecule has 0 fully saturated rings. The zero-order valence-electron chi connectivity index (χ0n) is 11.6. The second-order valence-electron chi connectivity index (χ2n) is 5.33. The summed E-state index contributed by atoms with van der Waals surface area (Å²) >= 11 is 0. The van der Waals surface area contributed by atoms with Gasteiger partial charge in [-0.1, -0.05) is 31.4 Å². The van der Waals surface area contributed by atoms with E-state index >= 15 is 0 Å². The molecule has 0 aromatic heterocycles. The van der Waals surface area contributed by atoms with Gasteiger partial charge in [0.1, 0.15) is 6.10 Å². The first kappa shape index (κ1) is 16.6. The molecule has 0 aliphatic heterocycles. The van der Waals surface area contributed by atoms with E-state index in [9.17, 15) is 15.3 Å². The smallest absolute Gasteiger partial charge is 0.108 e. The number of aliphatic hydroxyl groups excluding tert-OH is 2. The van der Waals surface area contributed by atoms with E-state index in [1.807, 2.05) is 26.8 Å². The lowest BCUT2D eigenvalue weighted by atomic mass is 9.88. The summed E-state index contributed by atoms with van der Waals surface area (Å²) in [6.07, 6.45) is 3.67. The summed E-state index contributed by atoms with van der Waals surface area (Å²) in [7, 11) is 0. The van der Waals surface area contributed by atoms with Crippen LogP contribution < -0.4 is 0 Å². The normalized spacial score (nSPS) is 18.3. The molecule has 0 amide bonds. The minimum atomic E-state index is -1.22. The molecule has 3 atom stereocenters. The number of unbranched alkanes of at least 4 members (excludes halogenated alkanes) is 1. The average molecular weight is 244 g/mol. The van der Waals surface area contributed by atoms with Gasteiger partial charge in [-0.15, -0.1) is 0 Å². The van der Waals surface area contributed by atoms with Crippen molar-refractivity contribution in [1.82, 2.24) is 0 Å². The van der Waals surface area contributed by atoms with E-state index in [0.29, 0.717) is 19.3 Å². The maximum absolute atomic E-state index is 10.1. The molecule has 102 valence electrons. The van der Waals surface area contributed by atoms with Gasteiger partial charge in [-0.05, 0) is 40.0 Å². The maximum Gasteiger partial charge on any atom is 0.108 e. The summed E-state index contributed by atoms with van der Waals surface area (Å²) in [6, 6.07) is 0. The number of allylic oxidation sites excluding steroid dienone is 2. The molecule has 3 nitrogen and oxygen atoms in total. The van der Waals surface area contributed by atoms with E-state index in [2.05, 4.69) is 0 Å². The molecule has 3 N–H and O–H groups in total. The molecule has 3 heteroatoms. The van der Waals surface area contributed by atoms with Gasteiger partial charge in [0, 0.05) is 0 Å². The lowest BCUT2D eigenvalue weighted by molar-refractivity contribution is -0.120. The summed E-state index contributed by atoms with van der Waals surface area (Å²) in [5.41, 5.74) is -0.0270. The molecule has 0 heterocycles. The fourth-order valence-corrected chi connectivity index (χ4v) is 1.79. The summed E-state index contributed by atoms with van der Waals surface area (Å²) < 4.78 is 0. The van der Waals surface area contributed by atoms with Crippen LogP contribution in [0.2, 0.25) is 0 Å². The SMILES string of the molecule is CCCC[C@@H](O)[C@H](O)[C@@](C)(O)CCC=C(C)C. The van der Waals surface area contributed by atoms with Gasteiger partial charge in [-0.3, -0.25) is 0 Å². The highest BCUT2D eigenvalue weighted by Gasteiger charge is 2.34. The number of hydrogen-bond donors (Lipinski definition) is 3. The largest absolute Gasteiger partial charge is 0.390 e. The average Bonchev–Trinajstić information content (AvgIpc) is 2.23. The predicted octanol–water partition coefficient (Wildman–Crippen LogP) is 2.40. The Labute approximate surface area is 105 Å². The topological polar surface area (TPSA) is 60.7 Å². The van der Waals surface area contributed by atoms with Crippen LogP contribution in [0.3, 0.4) is 0 Å². The molecule has 0 aliphatic rings. The van der Waals surface area contributed by atoms with E-state index in [0.717, 1.165) is 12.8 Å². The van der Waals surface area contributed by atoms with Crippen molar-refractivity contribution >= 4 is 0 Å². The number of hydrogen-bond acceptors (Lipinski definition) is 3. The molecule has 0 saturated heterocycles. The van der Waals surface area contributed by atoms with Gasteiger partial charge in [-0.2, -0.15) is 0 Å². The van der Waals surface area contributed by atoms with Crippen LogP contribution in [0.25, 0.3) is 0 Å². The highest BCUT2D eigenvalue weighted by atomic mass is 16.4. The third-order valence-corrected chi connectivity index (χ3v) is 3.06. The zero-order valence-corrected chi connectivity index (χ0v) is 11.6. The molecule has 0 rings (SSSR count). The highest BCUT2D eigenvalue weighted by Crippen LogP contribution is 2.22. The Morgan fingerprint density at radius 1 is 1.29 bits per heavy atom. The van der Waals surface area contributed by atoms with Crippen molar-refractivity contribution in [1.29, 1.82) is 0 Å². The van der Waals surface area contributed by atoms with Gasteiger partial charge in [0.2, 0.25) is 0 Å². The van der Waals surface area contributed by atoms with Crippen LogP contribution in [0.1, 0.15) is 59.8 Å². The van der Waals surface area contributed by atoms with E-state index in [1.165, 1.54) is 5.57 Å². The van der Waals surface area contributed by atoms with Gasteiger partial charge in [-0.25, -0.2) is 0 Å². The fraction of sp³-hybridized carbons (Fsp3) is 0.857. The molecule has 0 bridgehead atoms. The Morgan fingerprint density at radius 2 is 1.88 bits per heavy atom. The monoisotopic (exact) mass is 244 g/mol. The third kappa shape index (κ3) is 6.81. The lowest BCUT2D eigenvalue weighted by Gasteiger charge is -2.32. The zero-order chi connectivity index (χ0) is 13.5. The standard InChI is InChI=1S/C14H28O3/c1-5-6-9-12(15)13(16)14(4,17)10-7-8-11(2)3/h8,12-13,15-17H,5-7,9-10H2,1-4H3/t12-,13+,14+/m1/s1. The van der Waals surface area contributed by atoms with Crippen molar-refractivity contribution in [2.45, 2.75) is 77.6 Å². The van der Waals surface area contributed by atoms with Gasteiger partial charge >= 0.3 is 0 Å². The first-order chi connectivity index (χ1) is 7.81. The molecule has 0 radical (unpaired) electrons. The van der Waals surface area contributed by atoms with Crippen LogP contribution >= 0.6 is 0 Å². The van der Waals surface area contributed by atoms with Crippen LogP contribution in [0.5, 0.6) is 0 Å². The molecular formula is C14H28O3. The Bertz CT molecular complexity index is 230. The quantitative estimate of drug-likeness (QED) is 0.575. The summed E-state index contributed by atoms with van der Waals surface area (Å²) in [5.74, 6) is 0. The van der Waals surface area contributed by atoms with Crippen LogP contribution in [0.4, 0.5) is 0 Å². The van der Waals surface area contributed by atoms with E-state index in [1.54, 1.807) is 6.92 Å². The van der Waals surface area contributed by atoms with E-state index < -0.39 is 17.8 Å². The van der Waals surface area contributed by atoms with Crippen LogP contribution in [0, 0.1) is 0 Å². The summed E-state index contributed by atoms with van der Waals surface area (Å²) in [4.78, 5) is 0. The van der Waals surface area contributed by atoms with Gasteiger partial charge in [0.05, 0.1) is 11.7 Å². The lowest BCUT2D eigenvalue weighted by Crippen LogP contribution is -2.46. The van der Waals surface area contributed by atoms with Crippen molar-refractivity contribution in [3.8, 4) is 0 Å². The fourth-order valence-electron chi connectivity index (χ4n) is 1.79. The Hall–Kier alpha value is -0.380. The van der Waals surface area contributed by atoms with Crippen molar-refractivity contribution in [2.24, 2.45) is 0 Å². The van der Waals surface area contributed by atoms with Crippen molar-refractivity contribution < 1.29 is 15.3 Å².